The maximum atomic E-state index is 13.1. The molecule has 0 bridgehead atoms. The van der Waals surface area contributed by atoms with Crippen LogP contribution < -0.4 is 5.73 Å². The van der Waals surface area contributed by atoms with Crippen molar-refractivity contribution in [2.75, 3.05) is 26.2 Å². The van der Waals surface area contributed by atoms with Crippen LogP contribution in [0.5, 0.6) is 0 Å². The van der Waals surface area contributed by atoms with E-state index in [4.69, 9.17) is 5.73 Å². The Morgan fingerprint density at radius 1 is 1.39 bits per heavy atom. The van der Waals surface area contributed by atoms with E-state index in [-0.39, 0.29) is 18.0 Å². The highest BCUT2D eigenvalue weighted by molar-refractivity contribution is 5.81. The lowest BCUT2D eigenvalue weighted by molar-refractivity contribution is -0.125. The number of rotatable bonds is 6. The van der Waals surface area contributed by atoms with Crippen LogP contribution in [0.2, 0.25) is 0 Å². The third kappa shape index (κ3) is 4.50. The van der Waals surface area contributed by atoms with Gasteiger partial charge in [0, 0.05) is 32.2 Å². The maximum absolute atomic E-state index is 13.1. The smallest absolute Gasteiger partial charge is 0.239 e. The van der Waals surface area contributed by atoms with Gasteiger partial charge in [0.2, 0.25) is 5.91 Å². The summed E-state index contributed by atoms with van der Waals surface area (Å²) in [6.45, 7) is 6.67. The molecule has 0 saturated carbocycles. The first-order valence-electron chi connectivity index (χ1n) is 8.13. The van der Waals surface area contributed by atoms with Gasteiger partial charge in [0.15, 0.2) is 0 Å². The van der Waals surface area contributed by atoms with E-state index in [9.17, 15) is 14.3 Å². The molecule has 1 aromatic carbocycles. The number of hydrogen-bond acceptors (Lipinski definition) is 4. The summed E-state index contributed by atoms with van der Waals surface area (Å²) in [5.41, 5.74) is 6.33. The van der Waals surface area contributed by atoms with E-state index >= 15 is 0 Å². The van der Waals surface area contributed by atoms with Crippen molar-refractivity contribution in [3.05, 3.63) is 35.6 Å². The van der Waals surface area contributed by atoms with Gasteiger partial charge in [-0.1, -0.05) is 19.1 Å². The summed E-state index contributed by atoms with van der Waals surface area (Å²) in [6.07, 6.45) is 0.553. The summed E-state index contributed by atoms with van der Waals surface area (Å²) < 4.78 is 13.1. The molecule has 1 aromatic rings. The molecule has 3 N–H and O–H groups in total. The van der Waals surface area contributed by atoms with Gasteiger partial charge in [-0.15, -0.1) is 0 Å². The van der Waals surface area contributed by atoms with Crippen molar-refractivity contribution in [1.29, 1.82) is 0 Å². The molecule has 1 aliphatic heterocycles. The summed E-state index contributed by atoms with van der Waals surface area (Å²) in [6, 6.07) is 5.67. The number of nitrogens with two attached hydrogens (primary N) is 1. The van der Waals surface area contributed by atoms with Crippen LogP contribution in [0.15, 0.2) is 24.3 Å². The number of nitrogens with zero attached hydrogens (tertiary/aromatic N) is 2. The Bertz CT molecular complexity index is 521. The number of aliphatic hydroxyl groups is 1. The van der Waals surface area contributed by atoms with E-state index in [1.165, 1.54) is 12.1 Å². The van der Waals surface area contributed by atoms with Gasteiger partial charge >= 0.3 is 0 Å². The number of benzene rings is 1. The Labute approximate surface area is 136 Å². The van der Waals surface area contributed by atoms with Crippen molar-refractivity contribution >= 4 is 5.91 Å². The average molecular weight is 323 g/mol. The Morgan fingerprint density at radius 3 is 2.57 bits per heavy atom. The number of aliphatic hydroxyl groups excluding tert-OH is 1. The molecule has 0 aromatic heterocycles. The number of carbonyl (C=O) groups is 1. The van der Waals surface area contributed by atoms with Crippen LogP contribution in [0.1, 0.15) is 31.9 Å². The lowest BCUT2D eigenvalue weighted by Crippen LogP contribution is -2.56. The molecule has 1 saturated heterocycles. The Morgan fingerprint density at radius 2 is 2.04 bits per heavy atom. The van der Waals surface area contributed by atoms with Crippen LogP contribution in [0.4, 0.5) is 4.39 Å². The highest BCUT2D eigenvalue weighted by Crippen LogP contribution is 2.25. The van der Waals surface area contributed by atoms with E-state index in [2.05, 4.69) is 16.7 Å². The summed E-state index contributed by atoms with van der Waals surface area (Å²) >= 11 is 0. The molecule has 1 heterocycles. The van der Waals surface area contributed by atoms with Crippen molar-refractivity contribution in [3.63, 3.8) is 0 Å². The fourth-order valence-electron chi connectivity index (χ4n) is 3.32. The zero-order chi connectivity index (χ0) is 17.0. The van der Waals surface area contributed by atoms with E-state index in [0.717, 1.165) is 18.5 Å². The minimum atomic E-state index is -0.543. The zero-order valence-corrected chi connectivity index (χ0v) is 13.8. The molecule has 0 radical (unpaired) electrons. The van der Waals surface area contributed by atoms with Crippen LogP contribution >= 0.6 is 0 Å². The summed E-state index contributed by atoms with van der Waals surface area (Å²) in [7, 11) is 0. The molecule has 5 nitrogen and oxygen atoms in total. The molecule has 1 amide bonds. The van der Waals surface area contributed by atoms with E-state index < -0.39 is 11.9 Å². The second-order valence-corrected chi connectivity index (χ2v) is 6.26. The third-order valence-corrected chi connectivity index (χ3v) is 4.43. The second-order valence-electron chi connectivity index (χ2n) is 6.26. The van der Waals surface area contributed by atoms with Crippen molar-refractivity contribution in [3.8, 4) is 0 Å². The molecule has 128 valence electrons. The first kappa shape index (κ1) is 17.8. The molecule has 3 unspecified atom stereocenters. The summed E-state index contributed by atoms with van der Waals surface area (Å²) in [5, 5.41) is 9.62. The highest BCUT2D eigenvalue weighted by Gasteiger charge is 2.33. The van der Waals surface area contributed by atoms with Gasteiger partial charge in [0.1, 0.15) is 11.9 Å². The minimum absolute atomic E-state index is 0.264. The van der Waals surface area contributed by atoms with Crippen LogP contribution in [-0.2, 0) is 4.79 Å². The number of piperazine rings is 1. The number of hydrogen-bond donors (Lipinski definition) is 2. The van der Waals surface area contributed by atoms with Gasteiger partial charge in [-0.05, 0) is 31.0 Å². The molecule has 2 rings (SSSR count). The predicted octanol–water partition coefficient (Wildman–Crippen LogP) is 1.13. The van der Waals surface area contributed by atoms with E-state index in [1.807, 2.05) is 0 Å². The standard InChI is InChI=1S/C17H26FN3O2/c1-3-15-11-21(9-8-20(15)10-12(2)22)16(17(19)23)13-4-6-14(18)7-5-13/h4-7,12,15-16,22H,3,8-11H2,1-2H3,(H2,19,23). The first-order chi connectivity index (χ1) is 10.9. The molecular weight excluding hydrogens is 297 g/mol. The van der Waals surface area contributed by atoms with E-state index in [0.29, 0.717) is 19.6 Å². The average Bonchev–Trinajstić information content (AvgIpc) is 2.50. The summed E-state index contributed by atoms with van der Waals surface area (Å²) in [5.74, 6) is -0.749. The van der Waals surface area contributed by atoms with Crippen LogP contribution in [0, 0.1) is 5.82 Å². The van der Waals surface area contributed by atoms with Gasteiger partial charge in [-0.2, -0.15) is 0 Å². The largest absolute Gasteiger partial charge is 0.392 e. The number of halogens is 1. The SMILES string of the molecule is CCC1CN(C(C(N)=O)c2ccc(F)cc2)CCN1CC(C)O. The van der Waals surface area contributed by atoms with Crippen molar-refractivity contribution in [1.82, 2.24) is 9.80 Å². The topological polar surface area (TPSA) is 69.8 Å². The number of amides is 1. The molecule has 23 heavy (non-hydrogen) atoms. The Balaban J connectivity index is 2.15. The quantitative estimate of drug-likeness (QED) is 0.823. The van der Waals surface area contributed by atoms with Crippen LogP contribution in [-0.4, -0.2) is 59.1 Å². The lowest BCUT2D eigenvalue weighted by atomic mass is 10.0. The van der Waals surface area contributed by atoms with Gasteiger partial charge < -0.3 is 10.8 Å². The van der Waals surface area contributed by atoms with Crippen molar-refractivity contribution < 1.29 is 14.3 Å². The lowest BCUT2D eigenvalue weighted by Gasteiger charge is -2.44. The molecule has 0 aliphatic carbocycles. The van der Waals surface area contributed by atoms with Gasteiger partial charge in [0.05, 0.1) is 6.10 Å². The van der Waals surface area contributed by atoms with Gasteiger partial charge in [-0.3, -0.25) is 14.6 Å². The number of carbonyl (C=O) groups excluding carboxylic acids is 1. The first-order valence-corrected chi connectivity index (χ1v) is 8.13. The van der Waals surface area contributed by atoms with Crippen LogP contribution in [0.25, 0.3) is 0 Å². The van der Waals surface area contributed by atoms with E-state index in [1.54, 1.807) is 19.1 Å². The van der Waals surface area contributed by atoms with Gasteiger partial charge in [-0.25, -0.2) is 4.39 Å². The van der Waals surface area contributed by atoms with Crippen molar-refractivity contribution in [2.24, 2.45) is 5.73 Å². The second kappa shape index (κ2) is 7.86. The van der Waals surface area contributed by atoms with Gasteiger partial charge in [0.25, 0.3) is 0 Å². The molecule has 6 heteroatoms. The predicted molar refractivity (Wildman–Crippen MR) is 87.2 cm³/mol. The van der Waals surface area contributed by atoms with Crippen LogP contribution in [0.3, 0.4) is 0 Å². The molecular formula is C17H26FN3O2. The highest BCUT2D eigenvalue weighted by atomic mass is 19.1. The molecule has 1 aliphatic rings. The minimum Gasteiger partial charge on any atom is -0.392 e. The third-order valence-electron chi connectivity index (χ3n) is 4.43. The molecule has 1 fully saturated rings. The fraction of sp³-hybridized carbons (Fsp3) is 0.588. The zero-order valence-electron chi connectivity index (χ0n) is 13.8. The normalized spacial score (nSPS) is 22.7. The Hall–Kier alpha value is -1.50. The molecule has 3 atom stereocenters. The van der Waals surface area contributed by atoms with Crippen molar-refractivity contribution in [2.45, 2.75) is 38.5 Å². The molecule has 0 spiro atoms. The fourth-order valence-corrected chi connectivity index (χ4v) is 3.32. The Kier molecular flexibility index (Phi) is 6.10. The number of β-amino-alcohol motifs (C(OH)–C–C–N with tert-alkyl or cyclic N) is 1. The monoisotopic (exact) mass is 323 g/mol. The number of primary amides is 1. The summed E-state index contributed by atoms with van der Waals surface area (Å²) in [4.78, 5) is 16.3. The maximum Gasteiger partial charge on any atom is 0.239 e.